The zero-order valence-corrected chi connectivity index (χ0v) is 23.5. The monoisotopic (exact) mass is 583 g/mol. The molecule has 1 aliphatic heterocycles. The third kappa shape index (κ3) is 10.6. The first-order valence-electron chi connectivity index (χ1n) is 13.1. The van der Waals surface area contributed by atoms with Crippen molar-refractivity contribution in [2.45, 2.75) is 83.3 Å². The molecule has 0 bridgehead atoms. The Morgan fingerprint density at radius 1 is 1.00 bits per heavy atom. The average Bonchev–Trinajstić information content (AvgIpc) is 3.20. The van der Waals surface area contributed by atoms with Gasteiger partial charge >= 0.3 is 5.97 Å². The Balaban J connectivity index is 2.14. The fourth-order valence-corrected chi connectivity index (χ4v) is 4.27. The van der Waals surface area contributed by atoms with Crippen LogP contribution in [0.5, 0.6) is 5.75 Å². The molecule has 0 spiro atoms. The number of phenols is 1. The highest BCUT2D eigenvalue weighted by Gasteiger charge is 2.37. The summed E-state index contributed by atoms with van der Waals surface area (Å²) in [5.74, 6) is -3.27. The van der Waals surface area contributed by atoms with Crippen LogP contribution in [0.3, 0.4) is 0 Å². The number of rotatable bonds is 15. The SMILES string of the molecule is CC(=O)NC(Cc1ccc(O)cc1)C(=O)NC(C(=O)NC(CCCCNCl)C(=O)NC1CC(=O)OC1O)C(C)C. The molecule has 222 valence electrons. The number of aliphatic hydroxyl groups excluding tert-OH is 1. The third-order valence-corrected chi connectivity index (χ3v) is 6.46. The molecule has 0 radical (unpaired) electrons. The molecule has 13 nitrogen and oxygen atoms in total. The summed E-state index contributed by atoms with van der Waals surface area (Å²) in [7, 11) is 0. The van der Waals surface area contributed by atoms with E-state index in [1.54, 1.807) is 26.0 Å². The van der Waals surface area contributed by atoms with Crippen LogP contribution in [0.25, 0.3) is 0 Å². The number of phenolic OH excluding ortho intramolecular Hbond substituents is 1. The number of aromatic hydroxyl groups is 1. The lowest BCUT2D eigenvalue weighted by atomic mass is 9.99. The second-order valence-electron chi connectivity index (χ2n) is 9.99. The molecule has 40 heavy (non-hydrogen) atoms. The number of esters is 1. The highest BCUT2D eigenvalue weighted by Crippen LogP contribution is 2.15. The third-order valence-electron chi connectivity index (χ3n) is 6.27. The number of halogens is 1. The summed E-state index contributed by atoms with van der Waals surface area (Å²) in [4.78, 5) is 65.3. The minimum Gasteiger partial charge on any atom is -0.508 e. The number of nitrogens with one attached hydrogen (secondary N) is 5. The molecule has 7 N–H and O–H groups in total. The van der Waals surface area contributed by atoms with Gasteiger partial charge in [0.2, 0.25) is 29.9 Å². The van der Waals surface area contributed by atoms with Crippen molar-refractivity contribution in [2.75, 3.05) is 6.54 Å². The number of carbonyl (C=O) groups is 5. The molecule has 1 aliphatic rings. The van der Waals surface area contributed by atoms with Crippen LogP contribution in [0, 0.1) is 5.92 Å². The maximum absolute atomic E-state index is 13.3. The molecular formula is C26H38ClN5O8. The molecule has 0 aliphatic carbocycles. The molecule has 1 saturated heterocycles. The van der Waals surface area contributed by atoms with Gasteiger partial charge in [0.15, 0.2) is 0 Å². The van der Waals surface area contributed by atoms with Gasteiger partial charge in [-0.1, -0.05) is 26.0 Å². The number of benzene rings is 1. The maximum Gasteiger partial charge on any atom is 0.310 e. The fourth-order valence-electron chi connectivity index (χ4n) is 4.13. The van der Waals surface area contributed by atoms with E-state index in [-0.39, 0.29) is 30.9 Å². The molecule has 0 saturated carbocycles. The lowest BCUT2D eigenvalue weighted by Crippen LogP contribution is -2.59. The smallest absolute Gasteiger partial charge is 0.310 e. The van der Waals surface area contributed by atoms with Gasteiger partial charge < -0.3 is 36.2 Å². The van der Waals surface area contributed by atoms with Crippen molar-refractivity contribution < 1.29 is 38.9 Å². The van der Waals surface area contributed by atoms with Crippen LogP contribution in [-0.4, -0.2) is 76.8 Å². The van der Waals surface area contributed by atoms with E-state index in [0.29, 0.717) is 24.9 Å². The molecule has 5 atom stereocenters. The Bertz CT molecular complexity index is 1040. The van der Waals surface area contributed by atoms with Crippen LogP contribution >= 0.6 is 11.8 Å². The Morgan fingerprint density at radius 2 is 1.68 bits per heavy atom. The fraction of sp³-hybridized carbons (Fsp3) is 0.577. The summed E-state index contributed by atoms with van der Waals surface area (Å²) in [5.41, 5.74) is 0.678. The van der Waals surface area contributed by atoms with E-state index in [1.165, 1.54) is 19.1 Å². The van der Waals surface area contributed by atoms with Crippen molar-refractivity contribution in [1.29, 1.82) is 0 Å². The van der Waals surface area contributed by atoms with Crippen LogP contribution < -0.4 is 26.1 Å². The maximum atomic E-state index is 13.3. The highest BCUT2D eigenvalue weighted by atomic mass is 35.5. The number of unbranched alkanes of at least 4 members (excludes halogenated alkanes) is 1. The Labute approximate surface area is 237 Å². The largest absolute Gasteiger partial charge is 0.508 e. The van der Waals surface area contributed by atoms with Gasteiger partial charge in [0.25, 0.3) is 0 Å². The molecule has 14 heteroatoms. The molecule has 1 heterocycles. The van der Waals surface area contributed by atoms with Gasteiger partial charge in [-0.25, -0.2) is 4.84 Å². The molecule has 5 unspecified atom stereocenters. The number of carbonyl (C=O) groups excluding carboxylic acids is 5. The topological polar surface area (TPSA) is 195 Å². The van der Waals surface area contributed by atoms with Gasteiger partial charge in [-0.15, -0.1) is 0 Å². The summed E-state index contributed by atoms with van der Waals surface area (Å²) < 4.78 is 4.66. The molecule has 1 aromatic rings. The summed E-state index contributed by atoms with van der Waals surface area (Å²) in [6.45, 7) is 5.18. The quantitative estimate of drug-likeness (QED) is 0.0826. The number of hydrogen-bond donors (Lipinski definition) is 7. The number of amides is 4. The number of cyclic esters (lactones) is 1. The van der Waals surface area contributed by atoms with Crippen molar-refractivity contribution >= 4 is 41.4 Å². The van der Waals surface area contributed by atoms with Gasteiger partial charge in [0, 0.05) is 19.9 Å². The first-order chi connectivity index (χ1) is 18.9. The minimum absolute atomic E-state index is 0.0555. The first-order valence-corrected chi connectivity index (χ1v) is 13.5. The van der Waals surface area contributed by atoms with Crippen LogP contribution in [0.15, 0.2) is 24.3 Å². The number of ether oxygens (including phenoxy) is 1. The van der Waals surface area contributed by atoms with Crippen LogP contribution in [0.1, 0.15) is 52.0 Å². The Morgan fingerprint density at radius 3 is 2.23 bits per heavy atom. The van der Waals surface area contributed by atoms with E-state index < -0.39 is 60.1 Å². The van der Waals surface area contributed by atoms with E-state index in [1.807, 2.05) is 0 Å². The van der Waals surface area contributed by atoms with E-state index in [2.05, 4.69) is 30.8 Å². The van der Waals surface area contributed by atoms with Gasteiger partial charge in [0.1, 0.15) is 29.9 Å². The summed E-state index contributed by atoms with van der Waals surface area (Å²) in [5, 5.41) is 29.9. The van der Waals surface area contributed by atoms with Gasteiger partial charge in [-0.2, -0.15) is 0 Å². The first kappa shape index (κ1) is 32.8. The van der Waals surface area contributed by atoms with Crippen LogP contribution in [0.2, 0.25) is 0 Å². The van der Waals surface area contributed by atoms with Gasteiger partial charge in [-0.05, 0) is 54.7 Å². The predicted molar refractivity (Wildman–Crippen MR) is 144 cm³/mol. The summed E-state index contributed by atoms with van der Waals surface area (Å²) >= 11 is 5.50. The van der Waals surface area contributed by atoms with Gasteiger partial charge in [-0.3, -0.25) is 24.0 Å². The second-order valence-corrected chi connectivity index (χ2v) is 10.3. The minimum atomic E-state index is -1.49. The standard InChI is InChI=1S/C26H38ClN5O8/c1-14(2)22(32-24(37)19(29-15(3)33)12-16-7-9-17(34)10-8-16)25(38)30-18(6-4-5-11-28-27)23(36)31-20-13-21(35)40-26(20)39/h7-10,14,18-20,22,26,28,34,39H,4-6,11-13H2,1-3H3,(H,29,33)(H,30,38)(H,31,36)(H,32,37). The van der Waals surface area contributed by atoms with Crippen molar-refractivity contribution in [3.8, 4) is 5.75 Å². The predicted octanol–water partition coefficient (Wildman–Crippen LogP) is -0.271. The zero-order valence-electron chi connectivity index (χ0n) is 22.7. The molecule has 1 aromatic carbocycles. The van der Waals surface area contributed by atoms with E-state index >= 15 is 0 Å². The Kier molecular flexibility index (Phi) is 13.1. The number of hydrogen-bond acceptors (Lipinski definition) is 9. The second kappa shape index (κ2) is 16.0. The van der Waals surface area contributed by atoms with Crippen molar-refractivity contribution in [2.24, 2.45) is 5.92 Å². The highest BCUT2D eigenvalue weighted by molar-refractivity contribution is 6.13. The van der Waals surface area contributed by atoms with Crippen molar-refractivity contribution in [1.82, 2.24) is 26.1 Å². The normalized spacial score (nSPS) is 18.8. The average molecular weight is 584 g/mol. The summed E-state index contributed by atoms with van der Waals surface area (Å²) in [6, 6.07) is 2.12. The van der Waals surface area contributed by atoms with Crippen molar-refractivity contribution in [3.05, 3.63) is 29.8 Å². The van der Waals surface area contributed by atoms with Gasteiger partial charge in [0.05, 0.1) is 6.42 Å². The van der Waals surface area contributed by atoms with E-state index in [0.717, 1.165) is 0 Å². The number of aliphatic hydroxyl groups is 1. The molecule has 1 fully saturated rings. The molecular weight excluding hydrogens is 546 g/mol. The zero-order chi connectivity index (χ0) is 29.8. The lowest BCUT2D eigenvalue weighted by molar-refractivity contribution is -0.155. The molecule has 0 aromatic heterocycles. The van der Waals surface area contributed by atoms with E-state index in [9.17, 15) is 34.2 Å². The van der Waals surface area contributed by atoms with Crippen molar-refractivity contribution in [3.63, 3.8) is 0 Å². The Hall–Kier alpha value is -3.42. The van der Waals surface area contributed by atoms with E-state index in [4.69, 9.17) is 11.8 Å². The van der Waals surface area contributed by atoms with Crippen LogP contribution in [0.4, 0.5) is 0 Å². The summed E-state index contributed by atoms with van der Waals surface area (Å²) in [6.07, 6.45) is -0.243. The van der Waals surface area contributed by atoms with Crippen LogP contribution in [-0.2, 0) is 35.1 Å². The lowest BCUT2D eigenvalue weighted by Gasteiger charge is -2.28. The molecule has 4 amide bonds. The molecule has 2 rings (SSSR count).